The molecule has 0 aliphatic heterocycles. The van der Waals surface area contributed by atoms with Gasteiger partial charge in [-0.3, -0.25) is 0 Å². The summed E-state index contributed by atoms with van der Waals surface area (Å²) in [5, 5.41) is 9.48. The lowest BCUT2D eigenvalue weighted by molar-refractivity contribution is -0.376. The largest absolute Gasteiger partial charge is 0.430 e. The van der Waals surface area contributed by atoms with Crippen LogP contribution in [0.5, 0.6) is 5.75 Å². The van der Waals surface area contributed by atoms with Crippen molar-refractivity contribution in [2.24, 2.45) is 0 Å². The highest BCUT2D eigenvalue weighted by Gasteiger charge is 2.71. The maximum atomic E-state index is 13.6. The first kappa shape index (κ1) is 21.7. The van der Waals surface area contributed by atoms with Crippen LogP contribution in [-0.2, 0) is 5.60 Å². The van der Waals surface area contributed by atoms with E-state index in [1.807, 2.05) is 0 Å². The molecule has 2 aromatic rings. The van der Waals surface area contributed by atoms with Gasteiger partial charge in [-0.15, -0.1) is 0 Å². The summed E-state index contributed by atoms with van der Waals surface area (Å²) in [4.78, 5) is 12.1. The average molecular weight is 410 g/mol. The van der Waals surface area contributed by atoms with Gasteiger partial charge in [0.1, 0.15) is 11.6 Å². The van der Waals surface area contributed by atoms with Gasteiger partial charge in [0.05, 0.1) is 5.56 Å². The van der Waals surface area contributed by atoms with Gasteiger partial charge in [0.2, 0.25) is 0 Å². The van der Waals surface area contributed by atoms with Crippen molar-refractivity contribution in [1.82, 2.24) is 0 Å². The van der Waals surface area contributed by atoms with E-state index < -0.39 is 40.9 Å². The third-order valence-electron chi connectivity index (χ3n) is 3.99. The van der Waals surface area contributed by atoms with Gasteiger partial charge in [0.15, 0.2) is 0 Å². The Bertz CT molecular complexity index is 864. The Kier molecular flexibility index (Phi) is 5.48. The zero-order valence-corrected chi connectivity index (χ0v) is 14.4. The molecule has 0 aromatic heterocycles. The lowest BCUT2D eigenvalue weighted by Gasteiger charge is -2.33. The van der Waals surface area contributed by atoms with Gasteiger partial charge < -0.3 is 9.84 Å². The predicted molar refractivity (Wildman–Crippen MR) is 83.3 cm³/mol. The molecule has 0 amide bonds. The average Bonchev–Trinajstić information content (AvgIpc) is 2.55. The van der Waals surface area contributed by atoms with Crippen LogP contribution in [0, 0.1) is 19.7 Å². The van der Waals surface area contributed by atoms with Gasteiger partial charge >= 0.3 is 18.3 Å². The smallest absolute Gasteiger partial charge is 0.422 e. The Balaban J connectivity index is 2.51. The number of hydrogen-bond donors (Lipinski definition) is 1. The molecule has 0 heterocycles. The number of carbonyl (C=O) groups is 1. The molecule has 1 N–H and O–H groups in total. The molecule has 0 spiro atoms. The second kappa shape index (κ2) is 7.08. The molecule has 0 bridgehead atoms. The van der Waals surface area contributed by atoms with Crippen molar-refractivity contribution >= 4 is 5.97 Å². The maximum Gasteiger partial charge on any atom is 0.430 e. The summed E-state index contributed by atoms with van der Waals surface area (Å²) < 4.78 is 96.8. The fourth-order valence-electron chi connectivity index (χ4n) is 2.58. The van der Waals surface area contributed by atoms with Crippen LogP contribution in [0.2, 0.25) is 0 Å². The van der Waals surface area contributed by atoms with Gasteiger partial charge in [0, 0.05) is 5.56 Å². The van der Waals surface area contributed by atoms with Gasteiger partial charge in [-0.25, -0.2) is 9.18 Å². The van der Waals surface area contributed by atoms with Crippen molar-refractivity contribution in [2.75, 3.05) is 0 Å². The number of rotatable bonds is 3. The SMILES string of the molecule is Cc1cc(C(O)(C(F)(F)F)C(F)(F)F)cc(C)c1OC(=O)c1ccccc1F. The Morgan fingerprint density at radius 2 is 1.39 bits per heavy atom. The summed E-state index contributed by atoms with van der Waals surface area (Å²) in [5.74, 6) is -2.44. The first-order chi connectivity index (χ1) is 12.7. The fraction of sp³-hybridized carbons (Fsp3) is 0.278. The molecule has 0 aliphatic rings. The zero-order valence-electron chi connectivity index (χ0n) is 14.4. The molecule has 2 aromatic carbocycles. The highest BCUT2D eigenvalue weighted by atomic mass is 19.4. The van der Waals surface area contributed by atoms with E-state index in [2.05, 4.69) is 0 Å². The van der Waals surface area contributed by atoms with E-state index >= 15 is 0 Å². The number of benzene rings is 2. The lowest BCUT2D eigenvalue weighted by atomic mass is 9.89. The van der Waals surface area contributed by atoms with Crippen LogP contribution in [0.15, 0.2) is 36.4 Å². The summed E-state index contributed by atoms with van der Waals surface area (Å²) in [6, 6.07) is 5.56. The van der Waals surface area contributed by atoms with Gasteiger partial charge in [-0.2, -0.15) is 26.3 Å². The van der Waals surface area contributed by atoms with E-state index in [1.54, 1.807) is 0 Å². The van der Waals surface area contributed by atoms with Crippen LogP contribution >= 0.6 is 0 Å². The minimum absolute atomic E-state index is 0.286. The van der Waals surface area contributed by atoms with E-state index in [9.17, 15) is 40.6 Å². The van der Waals surface area contributed by atoms with Crippen molar-refractivity contribution in [3.8, 4) is 5.75 Å². The predicted octanol–water partition coefficient (Wildman–Crippen LogP) is 4.97. The molecular formula is C18H13F7O3. The van der Waals surface area contributed by atoms with Crippen LogP contribution in [0.25, 0.3) is 0 Å². The summed E-state index contributed by atoms with van der Waals surface area (Å²) in [5.41, 5.74) is -7.62. The molecule has 0 fully saturated rings. The van der Waals surface area contributed by atoms with Crippen molar-refractivity contribution in [1.29, 1.82) is 0 Å². The van der Waals surface area contributed by atoms with Crippen LogP contribution in [-0.4, -0.2) is 23.4 Å². The third kappa shape index (κ3) is 3.68. The van der Waals surface area contributed by atoms with E-state index in [0.29, 0.717) is 12.1 Å². The fourth-order valence-corrected chi connectivity index (χ4v) is 2.58. The number of aryl methyl sites for hydroxylation is 2. The number of alkyl halides is 6. The van der Waals surface area contributed by atoms with Crippen LogP contribution in [0.1, 0.15) is 27.0 Å². The standard InChI is InChI=1S/C18H13F7O3/c1-9-7-11(16(27,17(20,21)22)18(23,24)25)8-10(2)14(9)28-15(26)12-5-3-4-6-13(12)19/h3-8,27H,1-2H3. The van der Waals surface area contributed by atoms with Gasteiger partial charge in [-0.05, 0) is 49.2 Å². The monoisotopic (exact) mass is 410 g/mol. The van der Waals surface area contributed by atoms with E-state index in [-0.39, 0.29) is 16.9 Å². The molecular weight excluding hydrogens is 397 g/mol. The molecule has 152 valence electrons. The highest BCUT2D eigenvalue weighted by molar-refractivity contribution is 5.91. The molecule has 0 saturated heterocycles. The summed E-state index contributed by atoms with van der Waals surface area (Å²) in [7, 11) is 0. The lowest BCUT2D eigenvalue weighted by Crippen LogP contribution is -2.54. The Labute approximate surface area is 154 Å². The second-order valence-electron chi connectivity index (χ2n) is 6.01. The van der Waals surface area contributed by atoms with Crippen molar-refractivity contribution in [2.45, 2.75) is 31.8 Å². The van der Waals surface area contributed by atoms with Crippen LogP contribution in [0.4, 0.5) is 30.7 Å². The molecule has 0 radical (unpaired) electrons. The number of esters is 1. The number of halogens is 7. The molecule has 2 rings (SSSR count). The molecule has 10 heteroatoms. The van der Waals surface area contributed by atoms with Crippen LogP contribution < -0.4 is 4.74 Å². The highest BCUT2D eigenvalue weighted by Crippen LogP contribution is 2.50. The minimum atomic E-state index is -6.05. The molecule has 0 aliphatic carbocycles. The van der Waals surface area contributed by atoms with Crippen molar-refractivity contribution in [3.05, 3.63) is 64.5 Å². The first-order valence-corrected chi connectivity index (χ1v) is 7.64. The summed E-state index contributed by atoms with van der Waals surface area (Å²) >= 11 is 0. The van der Waals surface area contributed by atoms with Crippen molar-refractivity contribution in [3.63, 3.8) is 0 Å². The van der Waals surface area contributed by atoms with Gasteiger partial charge in [-0.1, -0.05) is 12.1 Å². The van der Waals surface area contributed by atoms with Gasteiger partial charge in [0.25, 0.3) is 5.60 Å². The first-order valence-electron chi connectivity index (χ1n) is 7.64. The summed E-state index contributed by atoms with van der Waals surface area (Å²) in [6.07, 6.45) is -12.1. The van der Waals surface area contributed by atoms with E-state index in [1.165, 1.54) is 12.1 Å². The Morgan fingerprint density at radius 1 is 0.929 bits per heavy atom. The topological polar surface area (TPSA) is 46.5 Å². The molecule has 0 saturated carbocycles. The number of ether oxygens (including phenoxy) is 1. The molecule has 3 nitrogen and oxygen atoms in total. The van der Waals surface area contributed by atoms with E-state index in [4.69, 9.17) is 4.74 Å². The minimum Gasteiger partial charge on any atom is -0.422 e. The van der Waals surface area contributed by atoms with Crippen LogP contribution in [0.3, 0.4) is 0 Å². The second-order valence-corrected chi connectivity index (χ2v) is 6.01. The number of aliphatic hydroxyl groups is 1. The Hall–Kier alpha value is -2.62. The van der Waals surface area contributed by atoms with E-state index in [0.717, 1.165) is 26.0 Å². The Morgan fingerprint density at radius 3 is 1.82 bits per heavy atom. The number of hydrogen-bond acceptors (Lipinski definition) is 3. The number of carbonyl (C=O) groups excluding carboxylic acids is 1. The van der Waals surface area contributed by atoms with Crippen molar-refractivity contribution < 1.29 is 45.4 Å². The normalized spacial score (nSPS) is 12.8. The summed E-state index contributed by atoms with van der Waals surface area (Å²) in [6.45, 7) is 2.18. The third-order valence-corrected chi connectivity index (χ3v) is 3.99. The molecule has 0 atom stereocenters. The quantitative estimate of drug-likeness (QED) is 0.441. The maximum absolute atomic E-state index is 13.6. The molecule has 0 unspecified atom stereocenters. The molecule has 28 heavy (non-hydrogen) atoms. The zero-order chi connectivity index (χ0) is 21.5.